The summed E-state index contributed by atoms with van der Waals surface area (Å²) < 4.78 is 7.69. The molecule has 1 aliphatic rings. The summed E-state index contributed by atoms with van der Waals surface area (Å²) in [4.78, 5) is 26.1. The molecule has 1 aromatic heterocycles. The van der Waals surface area contributed by atoms with E-state index in [1.807, 2.05) is 23.7 Å². The molecular weight excluding hydrogens is 599 g/mol. The molecule has 0 radical (unpaired) electrons. The number of aliphatic carboxylic acids is 1. The molecule has 5 rings (SSSR count). The van der Waals surface area contributed by atoms with E-state index in [0.29, 0.717) is 42.5 Å². The molecule has 1 N–H and O–H groups in total. The summed E-state index contributed by atoms with van der Waals surface area (Å²) >= 11 is 12.3. The van der Waals surface area contributed by atoms with Gasteiger partial charge in [-0.25, -0.2) is 4.68 Å². The Kier molecular flexibility index (Phi) is 9.47. The zero-order chi connectivity index (χ0) is 31.8. The van der Waals surface area contributed by atoms with E-state index in [1.165, 1.54) is 16.7 Å². The number of aryl methyl sites for hydroxylation is 3. The number of hydrogen-bond donors (Lipinski definition) is 1. The summed E-state index contributed by atoms with van der Waals surface area (Å²) in [5.41, 5.74) is 8.43. The molecular formula is C34H38Cl2N4O4. The lowest BCUT2D eigenvalue weighted by Crippen LogP contribution is -2.33. The fourth-order valence-electron chi connectivity index (χ4n) is 6.37. The van der Waals surface area contributed by atoms with Gasteiger partial charge < -0.3 is 14.7 Å². The number of ether oxygens (including phenoxy) is 1. The summed E-state index contributed by atoms with van der Waals surface area (Å²) in [6.45, 7) is 11.0. The number of likely N-dealkylation sites (N-methyl/N-ethyl adjacent to an activating group) is 1. The van der Waals surface area contributed by atoms with Gasteiger partial charge in [0.25, 0.3) is 0 Å². The van der Waals surface area contributed by atoms with E-state index in [9.17, 15) is 14.7 Å². The van der Waals surface area contributed by atoms with Crippen LogP contribution in [0, 0.1) is 19.3 Å². The lowest BCUT2D eigenvalue weighted by Gasteiger charge is -2.34. The number of rotatable bonds is 11. The van der Waals surface area contributed by atoms with Crippen LogP contribution in [-0.2, 0) is 35.6 Å². The van der Waals surface area contributed by atoms with Gasteiger partial charge in [0.2, 0.25) is 0 Å². The minimum Gasteiger partial charge on any atom is -0.481 e. The van der Waals surface area contributed by atoms with Crippen LogP contribution in [0.15, 0.2) is 36.4 Å². The van der Waals surface area contributed by atoms with Gasteiger partial charge >= 0.3 is 5.97 Å². The smallest absolute Gasteiger partial charge is 0.310 e. The lowest BCUT2D eigenvalue weighted by atomic mass is 9.69. The number of halogens is 2. The van der Waals surface area contributed by atoms with Gasteiger partial charge in [-0.1, -0.05) is 46.6 Å². The molecule has 0 bridgehead atoms. The third kappa shape index (κ3) is 6.26. The second-order valence-electron chi connectivity index (χ2n) is 12.4. The van der Waals surface area contributed by atoms with Gasteiger partial charge in [-0.3, -0.25) is 9.59 Å². The second kappa shape index (κ2) is 13.0. The number of hydrogen-bond acceptors (Lipinski definition) is 6. The highest BCUT2D eigenvalue weighted by atomic mass is 35.5. The van der Waals surface area contributed by atoms with Gasteiger partial charge in [-0.2, -0.15) is 0 Å². The Morgan fingerprint density at radius 3 is 2.57 bits per heavy atom. The van der Waals surface area contributed by atoms with Crippen molar-refractivity contribution in [1.82, 2.24) is 19.9 Å². The maximum atomic E-state index is 12.7. The number of aromatic nitrogens is 3. The van der Waals surface area contributed by atoms with Crippen molar-refractivity contribution in [3.05, 3.63) is 91.0 Å². The fourth-order valence-corrected chi connectivity index (χ4v) is 6.99. The number of carbonyl (C=O) groups excluding carboxylic acids is 1. The Bertz CT molecular complexity index is 1710. The maximum Gasteiger partial charge on any atom is 0.310 e. The van der Waals surface area contributed by atoms with Crippen molar-refractivity contribution in [2.75, 3.05) is 20.2 Å². The van der Waals surface area contributed by atoms with Crippen LogP contribution in [0.3, 0.4) is 0 Å². The summed E-state index contributed by atoms with van der Waals surface area (Å²) in [6, 6.07) is 11.8. The Morgan fingerprint density at radius 2 is 1.89 bits per heavy atom. The Labute approximate surface area is 267 Å². The van der Waals surface area contributed by atoms with E-state index in [0.717, 1.165) is 52.8 Å². The minimum absolute atomic E-state index is 0.275. The number of benzene rings is 3. The van der Waals surface area contributed by atoms with Crippen LogP contribution >= 0.6 is 23.2 Å². The van der Waals surface area contributed by atoms with Crippen molar-refractivity contribution in [3.63, 3.8) is 0 Å². The van der Waals surface area contributed by atoms with E-state index in [-0.39, 0.29) is 11.5 Å². The number of carboxylic acid groups (broad SMARTS) is 1. The first-order chi connectivity index (χ1) is 20.9. The van der Waals surface area contributed by atoms with E-state index < -0.39 is 11.4 Å². The fraction of sp³-hybridized carbons (Fsp3) is 0.412. The topological polar surface area (TPSA) is 97.5 Å². The minimum atomic E-state index is -1.06. The second-order valence-corrected chi connectivity index (χ2v) is 13.2. The first-order valence-electron chi connectivity index (χ1n) is 14.8. The molecule has 1 unspecified atom stereocenters. The van der Waals surface area contributed by atoms with Crippen molar-refractivity contribution in [1.29, 1.82) is 0 Å². The lowest BCUT2D eigenvalue weighted by molar-refractivity contribution is -0.147. The van der Waals surface area contributed by atoms with Crippen molar-refractivity contribution in [2.45, 2.75) is 66.2 Å². The quantitative estimate of drug-likeness (QED) is 0.140. The molecule has 1 aliphatic heterocycles. The van der Waals surface area contributed by atoms with Crippen LogP contribution < -0.4 is 0 Å². The Balaban J connectivity index is 1.37. The van der Waals surface area contributed by atoms with Gasteiger partial charge in [0.1, 0.15) is 5.52 Å². The van der Waals surface area contributed by atoms with E-state index in [2.05, 4.69) is 41.3 Å². The third-order valence-electron chi connectivity index (χ3n) is 8.86. The Hall–Kier alpha value is -3.30. The number of nitrogens with zero attached hydrogens (tertiary/aromatic N) is 4. The standard InChI is InChI=1S/C34H38Cl2N4O4/c1-20-13-23(16-24-17-39(5)11-9-25(20)24)31(34(3,4)33(42)43)26-7-8-30-32(21(26)2)37-38-40(30)10-6-12-44-19-22-14-28(35)27(18-41)29(36)15-22/h7-8,13-16,18,31H,6,9-12,17,19H2,1-5H3,(H,42,43). The van der Waals surface area contributed by atoms with Crippen LogP contribution in [0.1, 0.15) is 75.5 Å². The summed E-state index contributed by atoms with van der Waals surface area (Å²) in [6.07, 6.45) is 2.34. The molecule has 0 spiro atoms. The van der Waals surface area contributed by atoms with Crippen LogP contribution in [0.2, 0.25) is 10.0 Å². The van der Waals surface area contributed by atoms with Crippen molar-refractivity contribution < 1.29 is 19.4 Å². The summed E-state index contributed by atoms with van der Waals surface area (Å²) in [5, 5.41) is 19.9. The summed E-state index contributed by atoms with van der Waals surface area (Å²) in [7, 11) is 2.12. The predicted octanol–water partition coefficient (Wildman–Crippen LogP) is 7.00. The third-order valence-corrected chi connectivity index (χ3v) is 9.48. The molecule has 0 aliphatic carbocycles. The van der Waals surface area contributed by atoms with Gasteiger partial charge in [0, 0.05) is 32.2 Å². The van der Waals surface area contributed by atoms with E-state index in [1.54, 1.807) is 26.0 Å². The zero-order valence-electron chi connectivity index (χ0n) is 25.8. The molecule has 10 heteroatoms. The highest BCUT2D eigenvalue weighted by Gasteiger charge is 2.40. The van der Waals surface area contributed by atoms with Crippen LogP contribution in [0.4, 0.5) is 0 Å². The monoisotopic (exact) mass is 636 g/mol. The molecule has 0 amide bonds. The highest BCUT2D eigenvalue weighted by Crippen LogP contribution is 2.45. The van der Waals surface area contributed by atoms with Crippen molar-refractivity contribution in [2.24, 2.45) is 5.41 Å². The molecule has 232 valence electrons. The zero-order valence-corrected chi connectivity index (χ0v) is 27.3. The van der Waals surface area contributed by atoms with Gasteiger partial charge in [-0.15, -0.1) is 5.10 Å². The number of carbonyl (C=O) groups is 2. The molecule has 3 aromatic carbocycles. The number of carboxylic acids is 1. The molecule has 0 fully saturated rings. The van der Waals surface area contributed by atoms with Crippen molar-refractivity contribution >= 4 is 46.5 Å². The molecule has 0 saturated carbocycles. The predicted molar refractivity (Wildman–Crippen MR) is 173 cm³/mol. The van der Waals surface area contributed by atoms with Gasteiger partial charge in [0.15, 0.2) is 6.29 Å². The van der Waals surface area contributed by atoms with Gasteiger partial charge in [0.05, 0.1) is 33.1 Å². The van der Waals surface area contributed by atoms with Crippen LogP contribution in [-0.4, -0.2) is 57.5 Å². The average Bonchev–Trinajstić information content (AvgIpc) is 3.37. The number of fused-ring (bicyclic) bond motifs is 2. The first kappa shape index (κ1) is 32.1. The SMILES string of the molecule is Cc1cc(C(c2ccc3c(nnn3CCCOCc3cc(Cl)c(C=O)c(Cl)c3)c2C)C(C)(C)C(=O)O)cc2c1CCN(C)C2. The summed E-state index contributed by atoms with van der Waals surface area (Å²) in [5.74, 6) is -1.22. The van der Waals surface area contributed by atoms with Crippen molar-refractivity contribution in [3.8, 4) is 0 Å². The molecule has 2 heterocycles. The number of aldehydes is 1. The van der Waals surface area contributed by atoms with Gasteiger partial charge in [-0.05, 0) is 105 Å². The van der Waals surface area contributed by atoms with E-state index >= 15 is 0 Å². The highest BCUT2D eigenvalue weighted by molar-refractivity contribution is 6.38. The first-order valence-corrected chi connectivity index (χ1v) is 15.6. The maximum absolute atomic E-state index is 12.7. The van der Waals surface area contributed by atoms with E-state index in [4.69, 9.17) is 27.9 Å². The molecule has 44 heavy (non-hydrogen) atoms. The largest absolute Gasteiger partial charge is 0.481 e. The van der Waals surface area contributed by atoms with Crippen LogP contribution in [0.25, 0.3) is 11.0 Å². The average molecular weight is 638 g/mol. The molecule has 1 atom stereocenters. The molecule has 4 aromatic rings. The Morgan fingerprint density at radius 1 is 1.16 bits per heavy atom. The molecule has 8 nitrogen and oxygen atoms in total. The van der Waals surface area contributed by atoms with Crippen LogP contribution in [0.5, 0.6) is 0 Å². The normalized spacial score (nSPS) is 14.5. The molecule has 0 saturated heterocycles.